The van der Waals surface area contributed by atoms with E-state index in [1.165, 1.54) is 30.4 Å². The van der Waals surface area contributed by atoms with Crippen molar-refractivity contribution in [1.29, 1.82) is 5.26 Å². The molecule has 0 amide bonds. The standard InChI is InChI=1S/C25H29NO/c26-19-8-5-9-22-12-14-24(15-13-22)27-20-18-25(16-6-2-7-17-25)21-23-10-3-1-4-11-23/h1,3-4,6,10-16H,2,5,7-9,17-18,20-21H2. The molecule has 1 aliphatic rings. The predicted molar refractivity (Wildman–Crippen MR) is 111 cm³/mol. The van der Waals surface area contributed by atoms with Gasteiger partial charge in [-0.3, -0.25) is 0 Å². The Kier molecular flexibility index (Phi) is 7.11. The molecule has 2 heteroatoms. The van der Waals surface area contributed by atoms with Crippen molar-refractivity contribution < 1.29 is 4.74 Å². The van der Waals surface area contributed by atoms with E-state index in [9.17, 15) is 0 Å². The fraction of sp³-hybridized carbons (Fsp3) is 0.400. The van der Waals surface area contributed by atoms with Crippen LogP contribution in [-0.2, 0) is 12.8 Å². The van der Waals surface area contributed by atoms with Crippen molar-refractivity contribution in [1.82, 2.24) is 0 Å². The van der Waals surface area contributed by atoms with E-state index < -0.39 is 0 Å². The predicted octanol–water partition coefficient (Wildman–Crippen LogP) is 6.27. The van der Waals surface area contributed by atoms with Crippen LogP contribution in [0.15, 0.2) is 66.7 Å². The third kappa shape index (κ3) is 6.00. The topological polar surface area (TPSA) is 33.0 Å². The molecule has 0 N–H and O–H groups in total. The molecule has 0 aromatic heterocycles. The number of benzene rings is 2. The van der Waals surface area contributed by atoms with E-state index in [-0.39, 0.29) is 5.41 Å². The lowest BCUT2D eigenvalue weighted by Crippen LogP contribution is -2.26. The molecular formula is C25H29NO. The third-order valence-electron chi connectivity index (χ3n) is 5.46. The molecule has 140 valence electrons. The van der Waals surface area contributed by atoms with Gasteiger partial charge in [-0.1, -0.05) is 54.6 Å². The second kappa shape index (κ2) is 9.97. The zero-order valence-electron chi connectivity index (χ0n) is 16.1. The van der Waals surface area contributed by atoms with E-state index in [0.717, 1.165) is 38.0 Å². The summed E-state index contributed by atoms with van der Waals surface area (Å²) < 4.78 is 6.07. The first-order valence-corrected chi connectivity index (χ1v) is 10.1. The zero-order valence-corrected chi connectivity index (χ0v) is 16.1. The van der Waals surface area contributed by atoms with Gasteiger partial charge in [-0.25, -0.2) is 0 Å². The lowest BCUT2D eigenvalue weighted by molar-refractivity contribution is 0.216. The Balaban J connectivity index is 1.54. The molecule has 0 heterocycles. The molecule has 1 atom stereocenters. The molecule has 0 aliphatic heterocycles. The molecule has 0 fully saturated rings. The van der Waals surface area contributed by atoms with Crippen LogP contribution in [0, 0.1) is 16.7 Å². The fourth-order valence-corrected chi connectivity index (χ4v) is 3.93. The smallest absolute Gasteiger partial charge is 0.119 e. The van der Waals surface area contributed by atoms with Crippen molar-refractivity contribution in [2.45, 2.75) is 51.4 Å². The van der Waals surface area contributed by atoms with Crippen molar-refractivity contribution in [3.8, 4) is 11.8 Å². The number of nitrogens with zero attached hydrogens (tertiary/aromatic N) is 1. The maximum atomic E-state index is 8.63. The van der Waals surface area contributed by atoms with Crippen molar-refractivity contribution in [3.05, 3.63) is 77.9 Å². The van der Waals surface area contributed by atoms with Crippen LogP contribution in [-0.4, -0.2) is 6.61 Å². The lowest BCUT2D eigenvalue weighted by atomic mass is 9.72. The van der Waals surface area contributed by atoms with Crippen LogP contribution < -0.4 is 4.74 Å². The van der Waals surface area contributed by atoms with Gasteiger partial charge < -0.3 is 4.74 Å². The average Bonchev–Trinajstić information content (AvgIpc) is 2.71. The number of hydrogen-bond acceptors (Lipinski definition) is 2. The van der Waals surface area contributed by atoms with E-state index in [1.54, 1.807) is 0 Å². The summed E-state index contributed by atoms with van der Waals surface area (Å²) in [5.74, 6) is 0.939. The van der Waals surface area contributed by atoms with E-state index in [4.69, 9.17) is 10.00 Å². The maximum Gasteiger partial charge on any atom is 0.119 e. The highest BCUT2D eigenvalue weighted by Crippen LogP contribution is 2.38. The quantitative estimate of drug-likeness (QED) is 0.390. The second-order valence-corrected chi connectivity index (χ2v) is 7.57. The largest absolute Gasteiger partial charge is 0.494 e. The molecule has 2 nitrogen and oxygen atoms in total. The molecule has 0 bridgehead atoms. The van der Waals surface area contributed by atoms with Gasteiger partial charge in [0, 0.05) is 6.42 Å². The highest BCUT2D eigenvalue weighted by molar-refractivity contribution is 5.27. The first-order chi connectivity index (χ1) is 13.3. The van der Waals surface area contributed by atoms with Gasteiger partial charge in [-0.15, -0.1) is 0 Å². The molecule has 0 saturated heterocycles. The fourth-order valence-electron chi connectivity index (χ4n) is 3.93. The van der Waals surface area contributed by atoms with Crippen LogP contribution in [0.2, 0.25) is 0 Å². The molecule has 3 rings (SSSR count). The molecular weight excluding hydrogens is 330 g/mol. The van der Waals surface area contributed by atoms with Crippen LogP contribution in [0.25, 0.3) is 0 Å². The summed E-state index contributed by atoms with van der Waals surface area (Å²) in [6.07, 6.45) is 13.1. The molecule has 2 aromatic rings. The normalized spacial score (nSPS) is 18.8. The Hall–Kier alpha value is -2.53. The van der Waals surface area contributed by atoms with Gasteiger partial charge in [0.15, 0.2) is 0 Å². The van der Waals surface area contributed by atoms with E-state index >= 15 is 0 Å². The SMILES string of the molecule is N#CCCCc1ccc(OCCC2(Cc3ccccc3)C=CCCC2)cc1. The van der Waals surface area contributed by atoms with Crippen molar-refractivity contribution in [2.24, 2.45) is 5.41 Å². The summed E-state index contributed by atoms with van der Waals surface area (Å²) in [4.78, 5) is 0. The molecule has 1 aliphatic carbocycles. The van der Waals surface area contributed by atoms with Crippen molar-refractivity contribution >= 4 is 0 Å². The Morgan fingerprint density at radius 1 is 1.00 bits per heavy atom. The summed E-state index contributed by atoms with van der Waals surface area (Å²) in [5.41, 5.74) is 2.90. The Labute approximate surface area is 163 Å². The van der Waals surface area contributed by atoms with Gasteiger partial charge >= 0.3 is 0 Å². The Morgan fingerprint density at radius 2 is 1.81 bits per heavy atom. The first-order valence-electron chi connectivity index (χ1n) is 10.1. The maximum absolute atomic E-state index is 8.63. The molecule has 1 unspecified atom stereocenters. The van der Waals surface area contributed by atoms with Crippen LogP contribution in [0.1, 0.15) is 49.7 Å². The van der Waals surface area contributed by atoms with Crippen LogP contribution in [0.5, 0.6) is 5.75 Å². The molecule has 0 radical (unpaired) electrons. The summed E-state index contributed by atoms with van der Waals surface area (Å²) in [5, 5.41) is 8.63. The highest BCUT2D eigenvalue weighted by Gasteiger charge is 2.28. The van der Waals surface area contributed by atoms with Gasteiger partial charge in [0.1, 0.15) is 5.75 Å². The minimum atomic E-state index is 0.219. The first kappa shape index (κ1) is 19.2. The summed E-state index contributed by atoms with van der Waals surface area (Å²) in [6.45, 7) is 0.741. The number of aryl methyl sites for hydroxylation is 1. The van der Waals surface area contributed by atoms with Gasteiger partial charge in [-0.05, 0) is 73.6 Å². The van der Waals surface area contributed by atoms with Crippen LogP contribution in [0.3, 0.4) is 0 Å². The summed E-state index contributed by atoms with van der Waals surface area (Å²) in [7, 11) is 0. The third-order valence-corrected chi connectivity index (χ3v) is 5.46. The minimum absolute atomic E-state index is 0.219. The molecule has 0 saturated carbocycles. The number of ether oxygens (including phenoxy) is 1. The van der Waals surface area contributed by atoms with Crippen LogP contribution >= 0.6 is 0 Å². The van der Waals surface area contributed by atoms with Gasteiger partial charge in [-0.2, -0.15) is 5.26 Å². The van der Waals surface area contributed by atoms with Crippen LogP contribution in [0.4, 0.5) is 0 Å². The zero-order chi connectivity index (χ0) is 18.8. The lowest BCUT2D eigenvalue weighted by Gasteiger charge is -2.33. The summed E-state index contributed by atoms with van der Waals surface area (Å²) >= 11 is 0. The van der Waals surface area contributed by atoms with Crippen molar-refractivity contribution in [3.63, 3.8) is 0 Å². The summed E-state index contributed by atoms with van der Waals surface area (Å²) in [6, 6.07) is 21.4. The molecule has 27 heavy (non-hydrogen) atoms. The number of allylic oxidation sites excluding steroid dienone is 2. The van der Waals surface area contributed by atoms with E-state index in [1.807, 2.05) is 0 Å². The monoisotopic (exact) mass is 359 g/mol. The van der Waals surface area contributed by atoms with Gasteiger partial charge in [0.25, 0.3) is 0 Å². The second-order valence-electron chi connectivity index (χ2n) is 7.57. The highest BCUT2D eigenvalue weighted by atomic mass is 16.5. The number of hydrogen-bond donors (Lipinski definition) is 0. The van der Waals surface area contributed by atoms with E-state index in [0.29, 0.717) is 6.42 Å². The minimum Gasteiger partial charge on any atom is -0.494 e. The number of unbranched alkanes of at least 4 members (excludes halogenated alkanes) is 1. The average molecular weight is 360 g/mol. The molecule has 0 spiro atoms. The van der Waals surface area contributed by atoms with E-state index in [2.05, 4.69) is 72.8 Å². The van der Waals surface area contributed by atoms with Gasteiger partial charge in [0.2, 0.25) is 0 Å². The number of nitriles is 1. The Morgan fingerprint density at radius 3 is 2.52 bits per heavy atom. The molecule has 2 aromatic carbocycles. The number of rotatable bonds is 9. The van der Waals surface area contributed by atoms with Gasteiger partial charge in [0.05, 0.1) is 12.7 Å². The van der Waals surface area contributed by atoms with Crippen molar-refractivity contribution in [2.75, 3.05) is 6.61 Å². The Bertz CT molecular complexity index is 757.